The Morgan fingerprint density at radius 3 is 2.89 bits per heavy atom. The number of carbonyl (C=O) groups excluding carboxylic acids is 1. The third kappa shape index (κ3) is 2.88. The van der Waals surface area contributed by atoms with Crippen molar-refractivity contribution in [2.75, 3.05) is 5.32 Å². The van der Waals surface area contributed by atoms with Crippen LogP contribution in [0, 0.1) is 0 Å². The van der Waals surface area contributed by atoms with Crippen molar-refractivity contribution in [1.29, 1.82) is 0 Å². The number of amides is 1. The summed E-state index contributed by atoms with van der Waals surface area (Å²) in [6, 6.07) is 5.07. The van der Waals surface area contributed by atoms with Gasteiger partial charge in [-0.15, -0.1) is 5.10 Å². The smallest absolute Gasteiger partial charge is 0.325 e. The lowest BCUT2D eigenvalue weighted by molar-refractivity contribution is -0.137. The highest BCUT2D eigenvalue weighted by Crippen LogP contribution is 2.03. The lowest BCUT2D eigenvalue weighted by Crippen LogP contribution is -2.13. The Labute approximate surface area is 101 Å². The van der Waals surface area contributed by atoms with Gasteiger partial charge in [-0.1, -0.05) is 11.3 Å². The van der Waals surface area contributed by atoms with Gasteiger partial charge in [0.2, 0.25) is 0 Å². The van der Waals surface area contributed by atoms with Crippen LogP contribution >= 0.6 is 0 Å². The normalized spacial score (nSPS) is 10.0. The van der Waals surface area contributed by atoms with Crippen LogP contribution in [0.5, 0.6) is 0 Å². The SMILES string of the molecule is O=C(O)Cn1cc(C(=O)Nc2ccccn2)nn1. The van der Waals surface area contributed by atoms with Crippen molar-refractivity contribution in [1.82, 2.24) is 20.0 Å². The Morgan fingerprint density at radius 1 is 1.39 bits per heavy atom. The third-order valence-corrected chi connectivity index (χ3v) is 1.98. The van der Waals surface area contributed by atoms with Gasteiger partial charge in [-0.2, -0.15) is 0 Å². The highest BCUT2D eigenvalue weighted by atomic mass is 16.4. The number of pyridine rings is 1. The molecule has 0 aliphatic rings. The molecule has 92 valence electrons. The minimum Gasteiger partial charge on any atom is -0.480 e. The van der Waals surface area contributed by atoms with Crippen molar-refractivity contribution < 1.29 is 14.7 Å². The zero-order chi connectivity index (χ0) is 13.0. The van der Waals surface area contributed by atoms with Gasteiger partial charge in [0.05, 0.1) is 6.20 Å². The molecule has 0 saturated carbocycles. The molecular weight excluding hydrogens is 238 g/mol. The summed E-state index contributed by atoms with van der Waals surface area (Å²) in [6.45, 7) is -0.343. The minimum absolute atomic E-state index is 0.0295. The lowest BCUT2D eigenvalue weighted by Gasteiger charge is -1.99. The number of nitrogens with zero attached hydrogens (tertiary/aromatic N) is 4. The molecule has 0 fully saturated rings. The fourth-order valence-electron chi connectivity index (χ4n) is 1.24. The summed E-state index contributed by atoms with van der Waals surface area (Å²) < 4.78 is 1.07. The molecule has 0 aliphatic carbocycles. The molecule has 2 heterocycles. The molecule has 2 rings (SSSR count). The predicted molar refractivity (Wildman–Crippen MR) is 59.8 cm³/mol. The van der Waals surface area contributed by atoms with E-state index in [0.717, 1.165) is 4.68 Å². The molecule has 0 aliphatic heterocycles. The Morgan fingerprint density at radius 2 is 2.22 bits per heavy atom. The zero-order valence-electron chi connectivity index (χ0n) is 9.15. The maximum atomic E-state index is 11.7. The first-order chi connectivity index (χ1) is 8.65. The third-order valence-electron chi connectivity index (χ3n) is 1.98. The number of hydrogen-bond acceptors (Lipinski definition) is 5. The molecule has 2 aromatic heterocycles. The van der Waals surface area contributed by atoms with E-state index in [-0.39, 0.29) is 12.2 Å². The Balaban J connectivity index is 2.05. The van der Waals surface area contributed by atoms with Gasteiger partial charge in [0.25, 0.3) is 5.91 Å². The second-order valence-electron chi connectivity index (χ2n) is 3.36. The Bertz CT molecular complexity index is 566. The molecule has 2 N–H and O–H groups in total. The summed E-state index contributed by atoms with van der Waals surface area (Å²) >= 11 is 0. The van der Waals surface area contributed by atoms with Crippen LogP contribution < -0.4 is 5.32 Å². The summed E-state index contributed by atoms with van der Waals surface area (Å²) in [7, 11) is 0. The number of carboxylic acid groups (broad SMARTS) is 1. The number of carbonyl (C=O) groups is 2. The van der Waals surface area contributed by atoms with Crippen LogP contribution in [-0.4, -0.2) is 37.0 Å². The van der Waals surface area contributed by atoms with Gasteiger partial charge in [-0.25, -0.2) is 9.67 Å². The van der Waals surface area contributed by atoms with Crippen LogP contribution in [-0.2, 0) is 11.3 Å². The zero-order valence-corrected chi connectivity index (χ0v) is 9.15. The molecule has 0 atom stereocenters. The van der Waals surface area contributed by atoms with Crippen molar-refractivity contribution in [3.05, 3.63) is 36.3 Å². The van der Waals surface area contributed by atoms with Gasteiger partial charge < -0.3 is 10.4 Å². The first-order valence-electron chi connectivity index (χ1n) is 4.99. The van der Waals surface area contributed by atoms with Crippen LogP contribution in [0.4, 0.5) is 5.82 Å². The maximum Gasteiger partial charge on any atom is 0.325 e. The van der Waals surface area contributed by atoms with E-state index in [4.69, 9.17) is 5.11 Å². The number of aromatic nitrogens is 4. The van der Waals surface area contributed by atoms with E-state index in [0.29, 0.717) is 5.82 Å². The monoisotopic (exact) mass is 247 g/mol. The molecule has 0 spiro atoms. The van der Waals surface area contributed by atoms with E-state index in [1.807, 2.05) is 0 Å². The standard InChI is InChI=1S/C10H9N5O3/c16-9(17)6-15-5-7(13-14-15)10(18)12-8-3-1-2-4-11-8/h1-5H,6H2,(H,16,17)(H,11,12,18). The lowest BCUT2D eigenvalue weighted by atomic mass is 10.4. The minimum atomic E-state index is -1.06. The molecule has 0 aromatic carbocycles. The number of carboxylic acids is 1. The fraction of sp³-hybridized carbons (Fsp3) is 0.100. The van der Waals surface area contributed by atoms with E-state index >= 15 is 0 Å². The van der Waals surface area contributed by atoms with Crippen molar-refractivity contribution in [2.24, 2.45) is 0 Å². The second-order valence-corrected chi connectivity index (χ2v) is 3.36. The van der Waals surface area contributed by atoms with E-state index in [1.165, 1.54) is 12.4 Å². The van der Waals surface area contributed by atoms with E-state index in [9.17, 15) is 9.59 Å². The average molecular weight is 247 g/mol. The summed E-state index contributed by atoms with van der Waals surface area (Å²) in [6.07, 6.45) is 2.79. The van der Waals surface area contributed by atoms with E-state index in [1.54, 1.807) is 18.2 Å². The summed E-state index contributed by atoms with van der Waals surface area (Å²) in [4.78, 5) is 26.1. The van der Waals surface area contributed by atoms with Gasteiger partial charge >= 0.3 is 5.97 Å². The highest BCUT2D eigenvalue weighted by molar-refractivity contribution is 6.02. The topological polar surface area (TPSA) is 110 Å². The molecule has 8 heteroatoms. The molecule has 8 nitrogen and oxygen atoms in total. The predicted octanol–water partition coefficient (Wildman–Crippen LogP) is 0.0100. The Kier molecular flexibility index (Phi) is 3.28. The van der Waals surface area contributed by atoms with Gasteiger partial charge in [0.1, 0.15) is 12.4 Å². The molecule has 0 radical (unpaired) electrons. The van der Waals surface area contributed by atoms with Crippen LogP contribution in [0.2, 0.25) is 0 Å². The largest absolute Gasteiger partial charge is 0.480 e. The molecule has 0 saturated heterocycles. The first kappa shape index (κ1) is 11.7. The van der Waals surface area contributed by atoms with Crippen LogP contribution in [0.1, 0.15) is 10.5 Å². The maximum absolute atomic E-state index is 11.7. The number of nitrogens with one attached hydrogen (secondary N) is 1. The van der Waals surface area contributed by atoms with Gasteiger partial charge in [-0.05, 0) is 12.1 Å². The average Bonchev–Trinajstić information content (AvgIpc) is 2.78. The van der Waals surface area contributed by atoms with E-state index < -0.39 is 11.9 Å². The number of rotatable bonds is 4. The number of hydrogen-bond donors (Lipinski definition) is 2. The molecule has 0 bridgehead atoms. The van der Waals surface area contributed by atoms with Crippen molar-refractivity contribution in [2.45, 2.75) is 6.54 Å². The summed E-state index contributed by atoms with van der Waals surface area (Å²) in [5, 5.41) is 18.2. The first-order valence-corrected chi connectivity index (χ1v) is 4.99. The summed E-state index contributed by atoms with van der Waals surface area (Å²) in [5.74, 6) is -1.17. The highest BCUT2D eigenvalue weighted by Gasteiger charge is 2.12. The molecule has 2 aromatic rings. The molecular formula is C10H9N5O3. The number of anilines is 1. The van der Waals surface area contributed by atoms with Gasteiger partial charge in [-0.3, -0.25) is 9.59 Å². The Hall–Kier alpha value is -2.77. The van der Waals surface area contributed by atoms with Crippen LogP contribution in [0.3, 0.4) is 0 Å². The van der Waals surface area contributed by atoms with E-state index in [2.05, 4.69) is 20.6 Å². The van der Waals surface area contributed by atoms with Crippen molar-refractivity contribution in [3.63, 3.8) is 0 Å². The summed E-state index contributed by atoms with van der Waals surface area (Å²) in [5.41, 5.74) is 0.0295. The quantitative estimate of drug-likeness (QED) is 0.787. The number of aliphatic carboxylic acids is 1. The van der Waals surface area contributed by atoms with Gasteiger partial charge in [0.15, 0.2) is 5.69 Å². The molecule has 1 amide bonds. The fourth-order valence-corrected chi connectivity index (χ4v) is 1.24. The van der Waals surface area contributed by atoms with Crippen LogP contribution in [0.15, 0.2) is 30.6 Å². The van der Waals surface area contributed by atoms with Crippen LogP contribution in [0.25, 0.3) is 0 Å². The molecule has 0 unspecified atom stereocenters. The van der Waals surface area contributed by atoms with Crippen molar-refractivity contribution in [3.8, 4) is 0 Å². The van der Waals surface area contributed by atoms with Gasteiger partial charge in [0, 0.05) is 6.20 Å². The molecule has 18 heavy (non-hydrogen) atoms. The van der Waals surface area contributed by atoms with Crippen molar-refractivity contribution >= 4 is 17.7 Å². The second kappa shape index (κ2) is 5.04.